The van der Waals surface area contributed by atoms with Gasteiger partial charge in [-0.15, -0.1) is 0 Å². The number of amides is 1. The van der Waals surface area contributed by atoms with E-state index in [9.17, 15) is 4.79 Å². The normalized spacial score (nSPS) is 21.0. The third-order valence-electron chi connectivity index (χ3n) is 7.21. The van der Waals surface area contributed by atoms with Crippen LogP contribution in [0.4, 0.5) is 5.95 Å². The summed E-state index contributed by atoms with van der Waals surface area (Å²) in [4.78, 5) is 29.9. The van der Waals surface area contributed by atoms with E-state index in [4.69, 9.17) is 9.97 Å². The molecule has 1 fully saturated rings. The van der Waals surface area contributed by atoms with Crippen LogP contribution in [0.5, 0.6) is 0 Å². The molecule has 2 aromatic rings. The smallest absolute Gasteiger partial charge is 0.272 e. The van der Waals surface area contributed by atoms with Gasteiger partial charge >= 0.3 is 0 Å². The van der Waals surface area contributed by atoms with Gasteiger partial charge in [-0.3, -0.25) is 9.69 Å². The first-order valence-electron chi connectivity index (χ1n) is 11.8. The molecular weight excluding hydrogens is 386 g/mol. The minimum atomic E-state index is 0.0493. The first-order chi connectivity index (χ1) is 15.1. The van der Waals surface area contributed by atoms with E-state index < -0.39 is 0 Å². The lowest BCUT2D eigenvalue weighted by atomic mass is 9.93. The Bertz CT molecular complexity index is 968. The summed E-state index contributed by atoms with van der Waals surface area (Å²) in [5.41, 5.74) is 5.64. The average Bonchev–Trinajstić information content (AvgIpc) is 3.33. The number of nitrogens with zero attached hydrogens (tertiary/aromatic N) is 5. The zero-order valence-electron chi connectivity index (χ0n) is 18.8. The van der Waals surface area contributed by atoms with Crippen molar-refractivity contribution in [2.45, 2.75) is 57.5 Å². The lowest BCUT2D eigenvalue weighted by molar-refractivity contribution is 0.0726. The minimum Gasteiger partial charge on any atom is -0.341 e. The highest BCUT2D eigenvalue weighted by Crippen LogP contribution is 2.27. The Morgan fingerprint density at radius 2 is 1.81 bits per heavy atom. The molecule has 3 aliphatic rings. The van der Waals surface area contributed by atoms with Gasteiger partial charge in [0.15, 0.2) is 0 Å². The van der Waals surface area contributed by atoms with Crippen molar-refractivity contribution in [1.29, 1.82) is 0 Å². The van der Waals surface area contributed by atoms with Crippen LogP contribution in [0.1, 0.15) is 58.6 Å². The molecule has 3 heterocycles. The summed E-state index contributed by atoms with van der Waals surface area (Å²) in [6.07, 6.45) is 7.49. The fourth-order valence-electron chi connectivity index (χ4n) is 5.32. The van der Waals surface area contributed by atoms with Crippen molar-refractivity contribution in [2.24, 2.45) is 0 Å². The molecule has 1 atom stereocenters. The molecule has 2 aliphatic heterocycles. The Hall–Kier alpha value is -2.47. The lowest BCUT2D eigenvalue weighted by Crippen LogP contribution is -2.46. The molecule has 1 unspecified atom stereocenters. The third kappa shape index (κ3) is 4.05. The SMILES string of the molecule is CN(CC1Cc2ccccc2CN1C)C(=O)c1nc(N2CCCC2)nc2c1CCCC2. The Morgan fingerprint density at radius 1 is 1.06 bits per heavy atom. The third-order valence-corrected chi connectivity index (χ3v) is 7.21. The summed E-state index contributed by atoms with van der Waals surface area (Å²) in [7, 11) is 4.10. The molecule has 1 aromatic heterocycles. The van der Waals surface area contributed by atoms with Gasteiger partial charge in [0.05, 0.1) is 0 Å². The summed E-state index contributed by atoms with van der Waals surface area (Å²) in [5, 5.41) is 0. The van der Waals surface area contributed by atoms with Gasteiger partial charge in [0.2, 0.25) is 5.95 Å². The predicted molar refractivity (Wildman–Crippen MR) is 122 cm³/mol. The van der Waals surface area contributed by atoms with E-state index in [1.165, 1.54) is 24.0 Å². The number of fused-ring (bicyclic) bond motifs is 2. The molecule has 31 heavy (non-hydrogen) atoms. The van der Waals surface area contributed by atoms with Gasteiger partial charge in [-0.2, -0.15) is 0 Å². The average molecular weight is 420 g/mol. The quantitative estimate of drug-likeness (QED) is 0.762. The molecule has 1 aromatic carbocycles. The summed E-state index contributed by atoms with van der Waals surface area (Å²) < 4.78 is 0. The second kappa shape index (κ2) is 8.58. The topological polar surface area (TPSA) is 52.6 Å². The second-order valence-electron chi connectivity index (χ2n) is 9.43. The number of anilines is 1. The highest BCUT2D eigenvalue weighted by molar-refractivity contribution is 5.94. The second-order valence-corrected chi connectivity index (χ2v) is 9.43. The minimum absolute atomic E-state index is 0.0493. The van der Waals surface area contributed by atoms with Crippen molar-refractivity contribution >= 4 is 11.9 Å². The lowest BCUT2D eigenvalue weighted by Gasteiger charge is -2.36. The van der Waals surface area contributed by atoms with E-state index in [0.717, 1.165) is 68.9 Å². The molecule has 1 amide bonds. The van der Waals surface area contributed by atoms with Crippen LogP contribution in [0, 0.1) is 0 Å². The fourth-order valence-corrected chi connectivity index (χ4v) is 5.32. The van der Waals surface area contributed by atoms with E-state index in [-0.39, 0.29) is 5.91 Å². The Kier molecular flexibility index (Phi) is 5.65. The first kappa shape index (κ1) is 20.4. The largest absolute Gasteiger partial charge is 0.341 e. The van der Waals surface area contributed by atoms with Gasteiger partial charge in [0, 0.05) is 50.5 Å². The maximum atomic E-state index is 13.6. The van der Waals surface area contributed by atoms with Crippen LogP contribution in [0.15, 0.2) is 24.3 Å². The van der Waals surface area contributed by atoms with Crippen LogP contribution in [0.25, 0.3) is 0 Å². The van der Waals surface area contributed by atoms with Gasteiger partial charge in [-0.25, -0.2) is 9.97 Å². The van der Waals surface area contributed by atoms with Gasteiger partial charge < -0.3 is 9.80 Å². The Labute approximate surface area is 185 Å². The number of aryl methyl sites for hydroxylation is 1. The van der Waals surface area contributed by atoms with Crippen LogP contribution >= 0.6 is 0 Å². The molecule has 1 saturated heterocycles. The molecule has 164 valence electrons. The van der Waals surface area contributed by atoms with Crippen LogP contribution in [0.3, 0.4) is 0 Å². The Balaban J connectivity index is 1.38. The number of hydrogen-bond acceptors (Lipinski definition) is 5. The highest BCUT2D eigenvalue weighted by atomic mass is 16.2. The number of rotatable bonds is 4. The first-order valence-corrected chi connectivity index (χ1v) is 11.8. The van der Waals surface area contributed by atoms with Gasteiger partial charge in [-0.05, 0) is 63.1 Å². The molecule has 0 N–H and O–H groups in total. The number of carbonyl (C=O) groups excluding carboxylic acids is 1. The number of benzene rings is 1. The standard InChI is InChI=1S/C25H33N5O/c1-28-16-19-10-4-3-9-18(19)15-20(28)17-29(2)24(31)23-21-11-5-6-12-22(21)26-25(27-23)30-13-7-8-14-30/h3-4,9-10,20H,5-8,11-17H2,1-2H3. The van der Waals surface area contributed by atoms with Crippen molar-refractivity contribution in [1.82, 2.24) is 19.8 Å². The van der Waals surface area contributed by atoms with Crippen molar-refractivity contribution in [3.63, 3.8) is 0 Å². The van der Waals surface area contributed by atoms with Crippen LogP contribution in [0.2, 0.25) is 0 Å². The van der Waals surface area contributed by atoms with Crippen molar-refractivity contribution < 1.29 is 4.79 Å². The zero-order chi connectivity index (χ0) is 21.4. The van der Waals surface area contributed by atoms with Gasteiger partial charge in [0.1, 0.15) is 5.69 Å². The molecule has 1 aliphatic carbocycles. The van der Waals surface area contributed by atoms with Crippen molar-refractivity contribution in [2.75, 3.05) is 38.6 Å². The maximum Gasteiger partial charge on any atom is 0.272 e. The van der Waals surface area contributed by atoms with Crippen molar-refractivity contribution in [3.05, 3.63) is 52.3 Å². The van der Waals surface area contributed by atoms with E-state index >= 15 is 0 Å². The molecule has 0 bridgehead atoms. The Morgan fingerprint density at radius 3 is 2.61 bits per heavy atom. The van der Waals surface area contributed by atoms with Crippen molar-refractivity contribution in [3.8, 4) is 0 Å². The summed E-state index contributed by atoms with van der Waals surface area (Å²) in [5.74, 6) is 0.812. The molecule has 6 heteroatoms. The van der Waals surface area contributed by atoms with E-state index in [2.05, 4.69) is 41.1 Å². The molecular formula is C25H33N5O. The molecule has 6 nitrogen and oxygen atoms in total. The highest BCUT2D eigenvalue weighted by Gasteiger charge is 2.30. The van der Waals surface area contributed by atoms with E-state index in [0.29, 0.717) is 18.3 Å². The van der Waals surface area contributed by atoms with Gasteiger partial charge in [0.25, 0.3) is 5.91 Å². The summed E-state index contributed by atoms with van der Waals surface area (Å²) in [6, 6.07) is 8.98. The number of aromatic nitrogens is 2. The maximum absolute atomic E-state index is 13.6. The van der Waals surface area contributed by atoms with Gasteiger partial charge in [-0.1, -0.05) is 24.3 Å². The molecule has 5 rings (SSSR count). The fraction of sp³-hybridized carbons (Fsp3) is 0.560. The summed E-state index contributed by atoms with van der Waals surface area (Å²) in [6.45, 7) is 3.63. The van der Waals surface area contributed by atoms with E-state index in [1.807, 2.05) is 11.9 Å². The molecule has 0 saturated carbocycles. The van der Waals surface area contributed by atoms with Crippen LogP contribution < -0.4 is 4.90 Å². The number of carbonyl (C=O) groups is 1. The number of likely N-dealkylation sites (N-methyl/N-ethyl adjacent to an activating group) is 2. The number of hydrogen-bond donors (Lipinski definition) is 0. The monoisotopic (exact) mass is 419 g/mol. The molecule has 0 radical (unpaired) electrons. The summed E-state index contributed by atoms with van der Waals surface area (Å²) >= 11 is 0. The predicted octanol–water partition coefficient (Wildman–Crippen LogP) is 3.08. The van der Waals surface area contributed by atoms with Crippen LogP contribution in [-0.2, 0) is 25.8 Å². The van der Waals surface area contributed by atoms with Crippen LogP contribution in [-0.4, -0.2) is 65.4 Å². The molecule has 0 spiro atoms. The zero-order valence-corrected chi connectivity index (χ0v) is 18.8. The van der Waals surface area contributed by atoms with E-state index in [1.54, 1.807) is 0 Å².